The molecule has 0 aliphatic heterocycles. The number of nitriles is 1. The Morgan fingerprint density at radius 2 is 1.64 bits per heavy atom. The molecule has 4 N–H and O–H groups in total. The van der Waals surface area contributed by atoms with Gasteiger partial charge in [-0.1, -0.05) is 24.3 Å². The van der Waals surface area contributed by atoms with Crippen LogP contribution in [0.3, 0.4) is 0 Å². The smallest absolute Gasteiger partial charge is 0.335 e. The molecule has 0 spiro atoms. The third-order valence-electron chi connectivity index (χ3n) is 4.03. The van der Waals surface area contributed by atoms with E-state index in [0.29, 0.717) is 16.8 Å². The van der Waals surface area contributed by atoms with Crippen LogP contribution >= 0.6 is 0 Å². The van der Waals surface area contributed by atoms with Crippen LogP contribution in [-0.2, 0) is 4.79 Å². The molecule has 3 aromatic rings. The molecule has 0 unspecified atom stereocenters. The SMILES string of the molecule is N#C/C(=C/Nc1cccc2c(O)cccc12)C(=O)Nc1ccc(C(=O)O)cc1. The number of hydrogen-bond donors (Lipinski definition) is 4. The minimum atomic E-state index is -1.07. The zero-order valence-corrected chi connectivity index (χ0v) is 14.5. The van der Waals surface area contributed by atoms with Crippen molar-refractivity contribution in [3.63, 3.8) is 0 Å². The Balaban J connectivity index is 1.79. The number of carboxylic acid groups (broad SMARTS) is 1. The number of fused-ring (bicyclic) bond motifs is 1. The summed E-state index contributed by atoms with van der Waals surface area (Å²) in [5.74, 6) is -1.57. The fourth-order valence-electron chi connectivity index (χ4n) is 2.61. The second-order valence-corrected chi connectivity index (χ2v) is 5.83. The fraction of sp³-hybridized carbons (Fsp3) is 0. The lowest BCUT2D eigenvalue weighted by Gasteiger charge is -2.08. The Hall–Kier alpha value is -4.31. The van der Waals surface area contributed by atoms with Gasteiger partial charge in [0, 0.05) is 28.3 Å². The van der Waals surface area contributed by atoms with Crippen molar-refractivity contribution >= 4 is 34.0 Å². The first-order valence-corrected chi connectivity index (χ1v) is 8.22. The minimum Gasteiger partial charge on any atom is -0.507 e. The number of nitrogens with zero attached hydrogens (tertiary/aromatic N) is 1. The molecule has 0 radical (unpaired) electrons. The van der Waals surface area contributed by atoms with E-state index < -0.39 is 11.9 Å². The zero-order chi connectivity index (χ0) is 20.1. The summed E-state index contributed by atoms with van der Waals surface area (Å²) in [5.41, 5.74) is 0.917. The van der Waals surface area contributed by atoms with E-state index in [9.17, 15) is 20.0 Å². The first-order valence-electron chi connectivity index (χ1n) is 8.22. The van der Waals surface area contributed by atoms with Crippen LogP contribution in [0.4, 0.5) is 11.4 Å². The number of rotatable bonds is 5. The Bertz CT molecular complexity index is 1130. The molecule has 0 fully saturated rings. The Kier molecular flexibility index (Phi) is 5.23. The van der Waals surface area contributed by atoms with E-state index >= 15 is 0 Å². The predicted octanol–water partition coefficient (Wildman–Crippen LogP) is 3.70. The Labute approximate surface area is 160 Å². The number of carbonyl (C=O) groups is 2. The highest BCUT2D eigenvalue weighted by Gasteiger charge is 2.11. The molecule has 7 heteroatoms. The van der Waals surface area contributed by atoms with Gasteiger partial charge in [-0.25, -0.2) is 4.79 Å². The van der Waals surface area contributed by atoms with Crippen LogP contribution < -0.4 is 10.6 Å². The summed E-state index contributed by atoms with van der Waals surface area (Å²) in [6.45, 7) is 0. The number of carbonyl (C=O) groups excluding carboxylic acids is 1. The second-order valence-electron chi connectivity index (χ2n) is 5.83. The Morgan fingerprint density at radius 1 is 0.964 bits per heavy atom. The quantitative estimate of drug-likeness (QED) is 0.399. The van der Waals surface area contributed by atoms with Gasteiger partial charge in [-0.2, -0.15) is 5.26 Å². The summed E-state index contributed by atoms with van der Waals surface area (Å²) in [4.78, 5) is 23.2. The maximum Gasteiger partial charge on any atom is 0.335 e. The molecule has 0 aliphatic carbocycles. The highest BCUT2D eigenvalue weighted by atomic mass is 16.4. The van der Waals surface area contributed by atoms with Crippen molar-refractivity contribution < 1.29 is 19.8 Å². The summed E-state index contributed by atoms with van der Waals surface area (Å²) >= 11 is 0. The molecular weight excluding hydrogens is 358 g/mol. The lowest BCUT2D eigenvalue weighted by atomic mass is 10.1. The molecule has 3 aromatic carbocycles. The van der Waals surface area contributed by atoms with Gasteiger partial charge in [0.1, 0.15) is 17.4 Å². The average Bonchev–Trinajstić information content (AvgIpc) is 2.69. The first-order chi connectivity index (χ1) is 13.5. The number of hydrogen-bond acceptors (Lipinski definition) is 5. The second kappa shape index (κ2) is 7.93. The number of anilines is 2. The van der Waals surface area contributed by atoms with Crippen molar-refractivity contribution in [2.75, 3.05) is 10.6 Å². The molecule has 0 saturated heterocycles. The van der Waals surface area contributed by atoms with E-state index in [1.165, 1.54) is 30.5 Å². The Morgan fingerprint density at radius 3 is 2.32 bits per heavy atom. The van der Waals surface area contributed by atoms with Gasteiger partial charge in [-0.15, -0.1) is 0 Å². The van der Waals surface area contributed by atoms with Crippen LogP contribution in [0.15, 0.2) is 72.4 Å². The molecule has 7 nitrogen and oxygen atoms in total. The normalized spacial score (nSPS) is 10.9. The van der Waals surface area contributed by atoms with Gasteiger partial charge in [0.15, 0.2) is 0 Å². The molecule has 0 bridgehead atoms. The lowest BCUT2D eigenvalue weighted by molar-refractivity contribution is -0.112. The number of carboxylic acids is 1. The largest absolute Gasteiger partial charge is 0.507 e. The van der Waals surface area contributed by atoms with Crippen molar-refractivity contribution in [2.24, 2.45) is 0 Å². The molecule has 0 aromatic heterocycles. The van der Waals surface area contributed by atoms with Crippen molar-refractivity contribution in [1.29, 1.82) is 5.26 Å². The zero-order valence-electron chi connectivity index (χ0n) is 14.5. The molecule has 0 aliphatic rings. The third-order valence-corrected chi connectivity index (χ3v) is 4.03. The van der Waals surface area contributed by atoms with Crippen LogP contribution in [-0.4, -0.2) is 22.1 Å². The summed E-state index contributed by atoms with van der Waals surface area (Å²) in [7, 11) is 0. The van der Waals surface area contributed by atoms with E-state index in [4.69, 9.17) is 5.11 Å². The van der Waals surface area contributed by atoms with E-state index in [0.717, 1.165) is 5.39 Å². The van der Waals surface area contributed by atoms with Gasteiger partial charge in [0.2, 0.25) is 0 Å². The van der Waals surface area contributed by atoms with Gasteiger partial charge in [0.25, 0.3) is 5.91 Å². The number of amides is 1. The number of nitrogens with one attached hydrogen (secondary N) is 2. The van der Waals surface area contributed by atoms with Crippen LogP contribution in [0.2, 0.25) is 0 Å². The summed E-state index contributed by atoms with van der Waals surface area (Å²) < 4.78 is 0. The summed E-state index contributed by atoms with van der Waals surface area (Å²) in [5, 5.41) is 34.9. The number of benzene rings is 3. The topological polar surface area (TPSA) is 122 Å². The highest BCUT2D eigenvalue weighted by Crippen LogP contribution is 2.29. The molecule has 3 rings (SSSR count). The van der Waals surface area contributed by atoms with Crippen molar-refractivity contribution in [3.8, 4) is 11.8 Å². The number of aromatic hydroxyl groups is 1. The minimum absolute atomic E-state index is 0.0925. The van der Waals surface area contributed by atoms with Gasteiger partial charge >= 0.3 is 5.97 Å². The predicted molar refractivity (Wildman–Crippen MR) is 105 cm³/mol. The van der Waals surface area contributed by atoms with E-state index in [1.54, 1.807) is 36.4 Å². The third kappa shape index (κ3) is 3.92. The van der Waals surface area contributed by atoms with Crippen LogP contribution in [0.5, 0.6) is 5.75 Å². The molecular formula is C21H15N3O4. The van der Waals surface area contributed by atoms with E-state index in [1.807, 2.05) is 6.07 Å². The van der Waals surface area contributed by atoms with Gasteiger partial charge in [-0.3, -0.25) is 4.79 Å². The van der Waals surface area contributed by atoms with E-state index in [2.05, 4.69) is 10.6 Å². The van der Waals surface area contributed by atoms with E-state index in [-0.39, 0.29) is 16.9 Å². The summed E-state index contributed by atoms with van der Waals surface area (Å²) in [6.07, 6.45) is 1.28. The summed E-state index contributed by atoms with van der Waals surface area (Å²) in [6, 6.07) is 17.8. The lowest BCUT2D eigenvalue weighted by Crippen LogP contribution is -2.14. The first kappa shape index (κ1) is 18.5. The average molecular weight is 373 g/mol. The molecule has 28 heavy (non-hydrogen) atoms. The molecule has 0 atom stereocenters. The van der Waals surface area contributed by atoms with Crippen molar-refractivity contribution in [3.05, 3.63) is 78.0 Å². The van der Waals surface area contributed by atoms with Crippen molar-refractivity contribution in [1.82, 2.24) is 0 Å². The van der Waals surface area contributed by atoms with Crippen molar-refractivity contribution in [2.45, 2.75) is 0 Å². The molecule has 0 saturated carbocycles. The maximum absolute atomic E-state index is 12.3. The number of phenolic OH excluding ortho intramolecular Hbond substituents is 1. The highest BCUT2D eigenvalue weighted by molar-refractivity contribution is 6.07. The van der Waals surface area contributed by atoms with Gasteiger partial charge in [-0.05, 0) is 36.4 Å². The van der Waals surface area contributed by atoms with Crippen LogP contribution in [0.1, 0.15) is 10.4 Å². The molecule has 1 amide bonds. The number of phenols is 1. The van der Waals surface area contributed by atoms with Gasteiger partial charge in [0.05, 0.1) is 5.56 Å². The van der Waals surface area contributed by atoms with Gasteiger partial charge < -0.3 is 20.8 Å². The monoisotopic (exact) mass is 373 g/mol. The maximum atomic E-state index is 12.3. The molecule has 0 heterocycles. The fourth-order valence-corrected chi connectivity index (χ4v) is 2.61. The standard InChI is InChI=1S/C21H15N3O4/c22-11-14(20(26)24-15-9-7-13(8-10-15)21(27)28)12-23-18-5-1-4-17-16(18)3-2-6-19(17)25/h1-10,12,23,25H,(H,24,26)(H,27,28)/b14-12-. The molecule has 138 valence electrons. The van der Waals surface area contributed by atoms with Crippen LogP contribution in [0, 0.1) is 11.3 Å². The number of aromatic carboxylic acids is 1. The van der Waals surface area contributed by atoms with Crippen LogP contribution in [0.25, 0.3) is 10.8 Å².